The van der Waals surface area contributed by atoms with Crippen LogP contribution in [0.25, 0.3) is 0 Å². The second kappa shape index (κ2) is 5.72. The van der Waals surface area contributed by atoms with E-state index in [1.165, 1.54) is 18.3 Å². The number of nitrogens with one attached hydrogen (secondary N) is 1. The number of halogens is 3. The smallest absolute Gasteiger partial charge is 0.389 e. The number of aromatic nitrogens is 2. The lowest BCUT2D eigenvalue weighted by Crippen LogP contribution is -2.18. The number of nitrogens with two attached hydrogens (primary N) is 1. The monoisotopic (exact) mass is 314 g/mol. The minimum Gasteiger partial charge on any atom is -0.389 e. The van der Waals surface area contributed by atoms with Crippen LogP contribution in [0.1, 0.15) is 18.1 Å². The number of rotatable bonds is 4. The fraction of sp³-hybridized carbons (Fsp3) is 0.231. The SMILES string of the molecule is CCn1cc(Nc2ccc(C(N)=S)c(C(F)(F)F)c2)cn1. The van der Waals surface area contributed by atoms with Gasteiger partial charge in [0.25, 0.3) is 0 Å². The highest BCUT2D eigenvalue weighted by Crippen LogP contribution is 2.34. The molecule has 0 atom stereocenters. The number of nitrogens with zero attached hydrogens (tertiary/aromatic N) is 2. The maximum Gasteiger partial charge on any atom is 0.417 e. The molecule has 0 spiro atoms. The summed E-state index contributed by atoms with van der Waals surface area (Å²) in [7, 11) is 0. The summed E-state index contributed by atoms with van der Waals surface area (Å²) in [5.74, 6) is 0. The van der Waals surface area contributed by atoms with E-state index in [0.717, 1.165) is 6.07 Å². The number of anilines is 2. The normalized spacial score (nSPS) is 11.4. The zero-order valence-electron chi connectivity index (χ0n) is 11.1. The molecule has 0 saturated carbocycles. The first-order valence-electron chi connectivity index (χ1n) is 6.11. The Kier molecular flexibility index (Phi) is 4.17. The van der Waals surface area contributed by atoms with Crippen LogP contribution in [-0.4, -0.2) is 14.8 Å². The second-order valence-electron chi connectivity index (χ2n) is 4.33. The molecular weight excluding hydrogens is 301 g/mol. The summed E-state index contributed by atoms with van der Waals surface area (Å²) in [6.45, 7) is 2.59. The minimum atomic E-state index is -4.52. The quantitative estimate of drug-likeness (QED) is 0.850. The summed E-state index contributed by atoms with van der Waals surface area (Å²) in [4.78, 5) is -0.285. The van der Waals surface area contributed by atoms with E-state index < -0.39 is 11.7 Å². The van der Waals surface area contributed by atoms with Crippen LogP contribution >= 0.6 is 12.2 Å². The van der Waals surface area contributed by atoms with Gasteiger partial charge in [0.05, 0.1) is 17.4 Å². The Morgan fingerprint density at radius 3 is 2.62 bits per heavy atom. The molecule has 0 aliphatic heterocycles. The Labute approximate surface area is 124 Å². The van der Waals surface area contributed by atoms with E-state index in [1.807, 2.05) is 6.92 Å². The Bertz CT molecular complexity index is 664. The first kappa shape index (κ1) is 15.3. The summed E-state index contributed by atoms with van der Waals surface area (Å²) < 4.78 is 40.7. The number of hydrogen-bond donors (Lipinski definition) is 2. The third-order valence-electron chi connectivity index (χ3n) is 2.84. The Morgan fingerprint density at radius 2 is 2.10 bits per heavy atom. The highest BCUT2D eigenvalue weighted by molar-refractivity contribution is 7.80. The fourth-order valence-electron chi connectivity index (χ4n) is 1.84. The molecule has 0 aliphatic rings. The summed E-state index contributed by atoms with van der Waals surface area (Å²) >= 11 is 4.65. The van der Waals surface area contributed by atoms with E-state index in [9.17, 15) is 13.2 Å². The van der Waals surface area contributed by atoms with Crippen LogP contribution in [0.4, 0.5) is 24.5 Å². The van der Waals surface area contributed by atoms with E-state index in [-0.39, 0.29) is 16.2 Å². The maximum absolute atomic E-state index is 13.0. The molecule has 1 aromatic heterocycles. The van der Waals surface area contributed by atoms with Gasteiger partial charge in [-0.15, -0.1) is 0 Å². The van der Waals surface area contributed by atoms with E-state index in [4.69, 9.17) is 5.73 Å². The minimum absolute atomic E-state index is 0.188. The van der Waals surface area contributed by atoms with Crippen LogP contribution in [-0.2, 0) is 12.7 Å². The van der Waals surface area contributed by atoms with Gasteiger partial charge in [0.15, 0.2) is 0 Å². The number of benzene rings is 1. The highest BCUT2D eigenvalue weighted by atomic mass is 32.1. The molecule has 0 amide bonds. The van der Waals surface area contributed by atoms with Crippen LogP contribution in [0.15, 0.2) is 30.6 Å². The van der Waals surface area contributed by atoms with E-state index >= 15 is 0 Å². The number of alkyl halides is 3. The van der Waals surface area contributed by atoms with E-state index in [2.05, 4.69) is 22.6 Å². The van der Waals surface area contributed by atoms with Crippen molar-refractivity contribution in [3.05, 3.63) is 41.7 Å². The predicted molar refractivity (Wildman–Crippen MR) is 78.5 cm³/mol. The molecule has 4 nitrogen and oxygen atoms in total. The molecule has 2 rings (SSSR count). The number of aryl methyl sites for hydroxylation is 1. The third kappa shape index (κ3) is 3.52. The lowest BCUT2D eigenvalue weighted by molar-refractivity contribution is -0.137. The van der Waals surface area contributed by atoms with Gasteiger partial charge in [0.2, 0.25) is 0 Å². The molecule has 0 bridgehead atoms. The van der Waals surface area contributed by atoms with Crippen LogP contribution in [0.2, 0.25) is 0 Å². The van der Waals surface area contributed by atoms with Crippen LogP contribution in [0.3, 0.4) is 0 Å². The highest BCUT2D eigenvalue weighted by Gasteiger charge is 2.34. The predicted octanol–water partition coefficient (Wildman–Crippen LogP) is 3.30. The Morgan fingerprint density at radius 1 is 1.38 bits per heavy atom. The Hall–Kier alpha value is -2.09. The van der Waals surface area contributed by atoms with Crippen LogP contribution in [0, 0.1) is 0 Å². The van der Waals surface area contributed by atoms with Crippen molar-refractivity contribution in [2.24, 2.45) is 5.73 Å². The molecule has 1 heterocycles. The zero-order valence-corrected chi connectivity index (χ0v) is 11.9. The molecule has 0 aliphatic carbocycles. The molecule has 0 saturated heterocycles. The molecule has 8 heteroatoms. The topological polar surface area (TPSA) is 55.9 Å². The van der Waals surface area contributed by atoms with Gasteiger partial charge in [0.1, 0.15) is 4.99 Å². The number of thiocarbonyl (C=S) groups is 1. The zero-order chi connectivity index (χ0) is 15.6. The third-order valence-corrected chi connectivity index (χ3v) is 3.06. The largest absolute Gasteiger partial charge is 0.417 e. The average Bonchev–Trinajstić information content (AvgIpc) is 2.85. The van der Waals surface area contributed by atoms with Crippen molar-refractivity contribution in [3.63, 3.8) is 0 Å². The first-order valence-corrected chi connectivity index (χ1v) is 6.52. The molecular formula is C13H13F3N4S. The molecule has 0 unspecified atom stereocenters. The summed E-state index contributed by atoms with van der Waals surface area (Å²) in [5, 5.41) is 6.91. The summed E-state index contributed by atoms with van der Waals surface area (Å²) in [6, 6.07) is 3.74. The summed E-state index contributed by atoms with van der Waals surface area (Å²) in [5.41, 5.74) is 5.18. The fourth-order valence-corrected chi connectivity index (χ4v) is 2.02. The van der Waals surface area contributed by atoms with Crippen molar-refractivity contribution in [1.29, 1.82) is 0 Å². The first-order chi connectivity index (χ1) is 9.81. The van der Waals surface area contributed by atoms with Crippen LogP contribution < -0.4 is 11.1 Å². The molecule has 1 aromatic carbocycles. The molecule has 3 N–H and O–H groups in total. The summed E-state index contributed by atoms with van der Waals surface area (Å²) in [6.07, 6.45) is -1.28. The molecule has 0 radical (unpaired) electrons. The average molecular weight is 314 g/mol. The van der Waals surface area contributed by atoms with Crippen molar-refractivity contribution in [1.82, 2.24) is 9.78 Å². The molecule has 21 heavy (non-hydrogen) atoms. The Balaban J connectivity index is 2.35. The molecule has 112 valence electrons. The van der Waals surface area contributed by atoms with Gasteiger partial charge in [0, 0.05) is 24.0 Å². The maximum atomic E-state index is 13.0. The lowest BCUT2D eigenvalue weighted by atomic mass is 10.1. The molecule has 0 fully saturated rings. The molecule has 2 aromatic rings. The van der Waals surface area contributed by atoms with Gasteiger partial charge >= 0.3 is 6.18 Å². The van der Waals surface area contributed by atoms with Gasteiger partial charge in [-0.3, -0.25) is 4.68 Å². The van der Waals surface area contributed by atoms with Crippen molar-refractivity contribution < 1.29 is 13.2 Å². The van der Waals surface area contributed by atoms with Gasteiger partial charge < -0.3 is 11.1 Å². The van der Waals surface area contributed by atoms with E-state index in [0.29, 0.717) is 12.2 Å². The van der Waals surface area contributed by atoms with Gasteiger partial charge in [-0.2, -0.15) is 18.3 Å². The van der Waals surface area contributed by atoms with Gasteiger partial charge in [-0.1, -0.05) is 12.2 Å². The standard InChI is InChI=1S/C13H13F3N4S/c1-2-20-7-9(6-18-20)19-8-3-4-10(12(17)21)11(5-8)13(14,15)16/h3-7,19H,2H2,1H3,(H2,17,21). The van der Waals surface area contributed by atoms with Gasteiger partial charge in [-0.25, -0.2) is 0 Å². The van der Waals surface area contributed by atoms with Crippen LogP contribution in [0.5, 0.6) is 0 Å². The van der Waals surface area contributed by atoms with Crippen molar-refractivity contribution in [3.8, 4) is 0 Å². The number of hydrogen-bond acceptors (Lipinski definition) is 3. The van der Waals surface area contributed by atoms with Crippen molar-refractivity contribution >= 4 is 28.6 Å². The van der Waals surface area contributed by atoms with Crippen molar-refractivity contribution in [2.75, 3.05) is 5.32 Å². The second-order valence-corrected chi connectivity index (χ2v) is 4.77. The lowest BCUT2D eigenvalue weighted by Gasteiger charge is -2.14. The van der Waals surface area contributed by atoms with E-state index in [1.54, 1.807) is 10.9 Å². The van der Waals surface area contributed by atoms with Gasteiger partial charge in [-0.05, 0) is 25.1 Å². The van der Waals surface area contributed by atoms with Crippen molar-refractivity contribution in [2.45, 2.75) is 19.6 Å².